The highest BCUT2D eigenvalue weighted by molar-refractivity contribution is 6.11. The molecule has 5 heteroatoms. The van der Waals surface area contributed by atoms with Crippen LogP contribution in [0.3, 0.4) is 0 Å². The van der Waals surface area contributed by atoms with Gasteiger partial charge in [-0.05, 0) is 72.8 Å². The molecule has 0 amide bonds. The zero-order chi connectivity index (χ0) is 28.3. The summed E-state index contributed by atoms with van der Waals surface area (Å²) in [5.74, 6) is 1.00. The molecule has 0 aliphatic heterocycles. The Morgan fingerprint density at radius 2 is 0.767 bits per heavy atom. The van der Waals surface area contributed by atoms with Gasteiger partial charge in [0.2, 0.25) is 11.8 Å². The lowest BCUT2D eigenvalue weighted by Gasteiger charge is -2.07. The lowest BCUT2D eigenvalue weighted by Crippen LogP contribution is -1.92. The summed E-state index contributed by atoms with van der Waals surface area (Å²) in [6.45, 7) is 0. The molecule has 0 spiro atoms. The normalized spacial score (nSPS) is 11.7. The largest absolute Gasteiger partial charge is 0.416 e. The maximum atomic E-state index is 6.32. The van der Waals surface area contributed by atoms with Crippen molar-refractivity contribution in [2.45, 2.75) is 0 Å². The van der Waals surface area contributed by atoms with Crippen LogP contribution in [0.5, 0.6) is 0 Å². The van der Waals surface area contributed by atoms with Crippen molar-refractivity contribution in [1.29, 1.82) is 0 Å². The van der Waals surface area contributed by atoms with Gasteiger partial charge in [0.1, 0.15) is 0 Å². The lowest BCUT2D eigenvalue weighted by molar-refractivity contribution is 0.585. The average Bonchev–Trinajstić information content (AvgIpc) is 3.78. The first-order chi connectivity index (χ1) is 21.3. The highest BCUT2D eigenvalue weighted by Gasteiger charge is 2.18. The molecule has 3 aromatic heterocycles. The molecule has 0 aliphatic rings. The van der Waals surface area contributed by atoms with Gasteiger partial charge in [0, 0.05) is 44.0 Å². The molecule has 0 aliphatic carbocycles. The molecule has 3 heterocycles. The molecule has 9 aromatic rings. The molecule has 5 nitrogen and oxygen atoms in total. The van der Waals surface area contributed by atoms with Crippen molar-refractivity contribution in [3.63, 3.8) is 0 Å². The molecular formula is C38H24N4O. The zero-order valence-electron chi connectivity index (χ0n) is 23.1. The quantitative estimate of drug-likeness (QED) is 0.218. The minimum atomic E-state index is 0.500. The number of rotatable bonds is 4. The number of nitrogens with zero attached hydrogens (tertiary/aromatic N) is 4. The van der Waals surface area contributed by atoms with Gasteiger partial charge in [0.05, 0.1) is 22.1 Å². The van der Waals surface area contributed by atoms with Crippen LogP contribution in [0, 0.1) is 0 Å². The van der Waals surface area contributed by atoms with Crippen LogP contribution in [-0.4, -0.2) is 19.3 Å². The Labute approximate surface area is 246 Å². The SMILES string of the molecule is c1ccc(-n2c3ccccc3c3cc(-c4nnc(-c5ccc6c(c5)c5ccccc5n6-c5ccccc5)o4)ccc32)cc1. The molecule has 0 saturated heterocycles. The van der Waals surface area contributed by atoms with E-state index in [0.29, 0.717) is 11.8 Å². The molecule has 6 aromatic carbocycles. The molecule has 0 radical (unpaired) electrons. The number of para-hydroxylation sites is 4. The summed E-state index contributed by atoms with van der Waals surface area (Å²) in [6, 6.07) is 50.6. The van der Waals surface area contributed by atoms with Gasteiger partial charge in [-0.2, -0.15) is 0 Å². The maximum Gasteiger partial charge on any atom is 0.248 e. The van der Waals surface area contributed by atoms with E-state index in [1.54, 1.807) is 0 Å². The van der Waals surface area contributed by atoms with E-state index in [-0.39, 0.29) is 0 Å². The van der Waals surface area contributed by atoms with Gasteiger partial charge in [-0.3, -0.25) is 0 Å². The van der Waals surface area contributed by atoms with Crippen molar-refractivity contribution in [3.8, 4) is 34.3 Å². The monoisotopic (exact) mass is 552 g/mol. The average molecular weight is 553 g/mol. The molecule has 0 unspecified atom stereocenters. The molecule has 0 fully saturated rings. The predicted octanol–water partition coefficient (Wildman–Crippen LogP) is 9.60. The Morgan fingerprint density at radius 3 is 1.23 bits per heavy atom. The van der Waals surface area contributed by atoms with Gasteiger partial charge >= 0.3 is 0 Å². The smallest absolute Gasteiger partial charge is 0.248 e. The second kappa shape index (κ2) is 9.29. The fraction of sp³-hybridized carbons (Fsp3) is 0. The number of hydrogen-bond donors (Lipinski definition) is 0. The van der Waals surface area contributed by atoms with E-state index < -0.39 is 0 Å². The van der Waals surface area contributed by atoms with Crippen molar-refractivity contribution in [2.24, 2.45) is 0 Å². The Kier molecular flexibility index (Phi) is 5.13. The molecule has 0 saturated carbocycles. The fourth-order valence-corrected chi connectivity index (χ4v) is 6.38. The minimum Gasteiger partial charge on any atom is -0.416 e. The van der Waals surface area contributed by atoms with Gasteiger partial charge in [-0.15, -0.1) is 10.2 Å². The van der Waals surface area contributed by atoms with Crippen LogP contribution in [0.25, 0.3) is 77.9 Å². The van der Waals surface area contributed by atoms with E-state index in [4.69, 9.17) is 4.42 Å². The van der Waals surface area contributed by atoms with Crippen molar-refractivity contribution in [2.75, 3.05) is 0 Å². The Bertz CT molecular complexity index is 2280. The second-order valence-corrected chi connectivity index (χ2v) is 10.8. The standard InChI is InChI=1S/C38H24N4O/c1-3-11-27(12-4-1)41-33-17-9-7-15-29(33)31-23-25(19-21-35(31)41)37-39-40-38(43-37)26-20-22-36-32(24-26)30-16-8-10-18-34(30)42(36)28-13-5-2-6-14-28/h1-24H. The fourth-order valence-electron chi connectivity index (χ4n) is 6.38. The summed E-state index contributed by atoms with van der Waals surface area (Å²) in [5, 5.41) is 13.6. The van der Waals surface area contributed by atoms with Crippen LogP contribution < -0.4 is 0 Å². The van der Waals surface area contributed by atoms with Gasteiger partial charge in [0.15, 0.2) is 0 Å². The predicted molar refractivity (Wildman–Crippen MR) is 174 cm³/mol. The zero-order valence-corrected chi connectivity index (χ0v) is 23.1. The third kappa shape index (κ3) is 3.65. The van der Waals surface area contributed by atoms with Gasteiger partial charge in [0.25, 0.3) is 0 Å². The summed E-state index contributed by atoms with van der Waals surface area (Å²) < 4.78 is 10.9. The van der Waals surface area contributed by atoms with Crippen LogP contribution in [0.2, 0.25) is 0 Å². The summed E-state index contributed by atoms with van der Waals surface area (Å²) in [6.07, 6.45) is 0. The van der Waals surface area contributed by atoms with Crippen LogP contribution in [0.1, 0.15) is 0 Å². The van der Waals surface area contributed by atoms with Crippen molar-refractivity contribution >= 4 is 43.6 Å². The minimum absolute atomic E-state index is 0.500. The molecule has 0 N–H and O–H groups in total. The second-order valence-electron chi connectivity index (χ2n) is 10.8. The molecule has 9 rings (SSSR count). The van der Waals surface area contributed by atoms with Crippen molar-refractivity contribution in [1.82, 2.24) is 19.3 Å². The van der Waals surface area contributed by atoms with Crippen LogP contribution in [0.15, 0.2) is 150 Å². The highest BCUT2D eigenvalue weighted by Crippen LogP contribution is 2.37. The highest BCUT2D eigenvalue weighted by atomic mass is 16.4. The van der Waals surface area contributed by atoms with Gasteiger partial charge in [-0.1, -0.05) is 72.8 Å². The maximum absolute atomic E-state index is 6.32. The van der Waals surface area contributed by atoms with Gasteiger partial charge in [-0.25, -0.2) is 0 Å². The third-order valence-electron chi connectivity index (χ3n) is 8.29. The summed E-state index contributed by atoms with van der Waals surface area (Å²) >= 11 is 0. The topological polar surface area (TPSA) is 48.8 Å². The van der Waals surface area contributed by atoms with E-state index in [2.05, 4.69) is 153 Å². The number of fused-ring (bicyclic) bond motifs is 6. The van der Waals surface area contributed by atoms with Crippen LogP contribution in [-0.2, 0) is 0 Å². The third-order valence-corrected chi connectivity index (χ3v) is 8.29. The van der Waals surface area contributed by atoms with Crippen LogP contribution >= 0.6 is 0 Å². The summed E-state index contributed by atoms with van der Waals surface area (Å²) in [5.41, 5.74) is 8.64. The van der Waals surface area contributed by atoms with Gasteiger partial charge < -0.3 is 13.6 Å². The molecule has 0 atom stereocenters. The number of benzene rings is 6. The van der Waals surface area contributed by atoms with E-state index in [9.17, 15) is 0 Å². The van der Waals surface area contributed by atoms with E-state index in [0.717, 1.165) is 55.3 Å². The first kappa shape index (κ1) is 23.7. The Morgan fingerprint density at radius 1 is 0.372 bits per heavy atom. The molecule has 202 valence electrons. The first-order valence-electron chi connectivity index (χ1n) is 14.3. The van der Waals surface area contributed by atoms with E-state index in [1.165, 1.54) is 10.8 Å². The Balaban J connectivity index is 1.16. The lowest BCUT2D eigenvalue weighted by atomic mass is 10.1. The number of hydrogen-bond acceptors (Lipinski definition) is 3. The molecular weight excluding hydrogens is 528 g/mol. The van der Waals surface area contributed by atoms with Crippen molar-refractivity contribution < 1.29 is 4.42 Å². The molecule has 0 bridgehead atoms. The first-order valence-corrected chi connectivity index (χ1v) is 14.3. The summed E-state index contributed by atoms with van der Waals surface area (Å²) in [7, 11) is 0. The van der Waals surface area contributed by atoms with Crippen LogP contribution in [0.4, 0.5) is 0 Å². The van der Waals surface area contributed by atoms with E-state index >= 15 is 0 Å². The molecule has 43 heavy (non-hydrogen) atoms. The van der Waals surface area contributed by atoms with E-state index in [1.807, 2.05) is 12.1 Å². The summed E-state index contributed by atoms with van der Waals surface area (Å²) in [4.78, 5) is 0. The number of aromatic nitrogens is 4. The Hall–Kier alpha value is -5.94. The van der Waals surface area contributed by atoms with Crippen molar-refractivity contribution in [3.05, 3.63) is 146 Å².